The lowest BCUT2D eigenvalue weighted by Gasteiger charge is -2.07. The molecule has 5 heteroatoms. The van der Waals surface area contributed by atoms with E-state index in [1.165, 1.54) is 6.08 Å². The van der Waals surface area contributed by atoms with E-state index in [-0.39, 0.29) is 5.28 Å². The lowest BCUT2D eigenvalue weighted by atomic mass is 10.1. The highest BCUT2D eigenvalue weighted by atomic mass is 35.5. The molecule has 0 saturated carbocycles. The third-order valence-corrected chi connectivity index (χ3v) is 2.40. The first-order chi connectivity index (χ1) is 8.22. The second-order valence-electron chi connectivity index (χ2n) is 3.36. The van der Waals surface area contributed by atoms with Gasteiger partial charge in [0.15, 0.2) is 0 Å². The molecule has 1 heterocycles. The maximum Gasteiger partial charge on any atom is 0.243 e. The summed E-state index contributed by atoms with van der Waals surface area (Å²) < 4.78 is 1.56. The van der Waals surface area contributed by atoms with Crippen LogP contribution >= 0.6 is 11.6 Å². The second kappa shape index (κ2) is 4.81. The van der Waals surface area contributed by atoms with Gasteiger partial charge >= 0.3 is 0 Å². The van der Waals surface area contributed by atoms with Crippen LogP contribution in [0.1, 0.15) is 11.4 Å². The average molecular weight is 245 g/mol. The van der Waals surface area contributed by atoms with Crippen molar-refractivity contribution in [2.24, 2.45) is 0 Å². The molecule has 2 aromatic rings. The highest BCUT2D eigenvalue weighted by Gasteiger charge is 2.10. The van der Waals surface area contributed by atoms with E-state index in [9.17, 15) is 0 Å². The largest absolute Gasteiger partial charge is 0.243 e. The van der Waals surface area contributed by atoms with E-state index in [2.05, 4.69) is 10.1 Å². The normalized spacial score (nSPS) is 11.2. The zero-order valence-electron chi connectivity index (χ0n) is 9.13. The van der Waals surface area contributed by atoms with E-state index in [1.54, 1.807) is 11.6 Å². The van der Waals surface area contributed by atoms with Crippen LogP contribution in [0, 0.1) is 18.3 Å². The Balaban J connectivity index is 2.56. The summed E-state index contributed by atoms with van der Waals surface area (Å²) in [6.45, 7) is 1.78. The van der Waals surface area contributed by atoms with Crippen molar-refractivity contribution in [3.8, 4) is 6.07 Å². The van der Waals surface area contributed by atoms with E-state index >= 15 is 0 Å². The van der Waals surface area contributed by atoms with Gasteiger partial charge in [-0.05, 0) is 18.5 Å². The molecule has 1 aromatic heterocycles. The first-order valence-corrected chi connectivity index (χ1v) is 5.35. The molecule has 4 nitrogen and oxygen atoms in total. The smallest absolute Gasteiger partial charge is 0.215 e. The van der Waals surface area contributed by atoms with Gasteiger partial charge in [0.2, 0.25) is 5.28 Å². The Morgan fingerprint density at radius 1 is 1.41 bits per heavy atom. The van der Waals surface area contributed by atoms with Gasteiger partial charge in [-0.25, -0.2) is 9.67 Å². The lowest BCUT2D eigenvalue weighted by molar-refractivity contribution is 0.863. The number of aryl methyl sites for hydroxylation is 1. The fourth-order valence-electron chi connectivity index (χ4n) is 1.52. The zero-order chi connectivity index (χ0) is 12.3. The van der Waals surface area contributed by atoms with Crippen LogP contribution in [-0.2, 0) is 0 Å². The fourth-order valence-corrected chi connectivity index (χ4v) is 1.72. The summed E-state index contributed by atoms with van der Waals surface area (Å²) in [5.41, 5.74) is 1.55. The SMILES string of the molecule is Cc1nc(Cl)nn1/C(=C\C#N)c1ccccc1. The molecule has 0 amide bonds. The van der Waals surface area contributed by atoms with Gasteiger partial charge in [-0.3, -0.25) is 0 Å². The topological polar surface area (TPSA) is 54.5 Å². The summed E-state index contributed by atoms with van der Waals surface area (Å²) in [6, 6.07) is 11.5. The van der Waals surface area contributed by atoms with Crippen LogP contribution in [0.3, 0.4) is 0 Å². The molecule has 0 bridgehead atoms. The third-order valence-electron chi connectivity index (χ3n) is 2.24. The monoisotopic (exact) mass is 244 g/mol. The van der Waals surface area contributed by atoms with Crippen LogP contribution in [0.5, 0.6) is 0 Å². The number of hydrogen-bond acceptors (Lipinski definition) is 3. The molecule has 0 unspecified atom stereocenters. The average Bonchev–Trinajstić information content (AvgIpc) is 2.66. The maximum atomic E-state index is 8.84. The highest BCUT2D eigenvalue weighted by molar-refractivity contribution is 6.28. The van der Waals surface area contributed by atoms with Crippen molar-refractivity contribution in [2.75, 3.05) is 0 Å². The molecule has 0 N–H and O–H groups in total. The molecular weight excluding hydrogens is 236 g/mol. The Kier molecular flexibility index (Phi) is 3.22. The van der Waals surface area contributed by atoms with Gasteiger partial charge in [0.25, 0.3) is 0 Å². The molecule has 0 radical (unpaired) electrons. The van der Waals surface area contributed by atoms with Gasteiger partial charge in [0.1, 0.15) is 5.82 Å². The zero-order valence-corrected chi connectivity index (χ0v) is 9.89. The minimum Gasteiger partial charge on any atom is -0.215 e. The predicted octanol–water partition coefficient (Wildman–Crippen LogP) is 2.65. The molecule has 0 aliphatic heterocycles. The van der Waals surface area contributed by atoms with Crippen LogP contribution in [0.25, 0.3) is 5.70 Å². The summed E-state index contributed by atoms with van der Waals surface area (Å²) in [4.78, 5) is 4.01. The Morgan fingerprint density at radius 2 is 2.12 bits per heavy atom. The number of nitriles is 1. The number of aromatic nitrogens is 3. The first kappa shape index (κ1) is 11.4. The van der Waals surface area contributed by atoms with Crippen LogP contribution in [0.2, 0.25) is 5.28 Å². The van der Waals surface area contributed by atoms with E-state index in [1.807, 2.05) is 36.4 Å². The van der Waals surface area contributed by atoms with Crippen molar-refractivity contribution in [1.82, 2.24) is 14.8 Å². The van der Waals surface area contributed by atoms with Crippen molar-refractivity contribution in [3.05, 3.63) is 53.1 Å². The minimum absolute atomic E-state index is 0.169. The van der Waals surface area contributed by atoms with Crippen molar-refractivity contribution >= 4 is 17.3 Å². The second-order valence-corrected chi connectivity index (χ2v) is 3.70. The van der Waals surface area contributed by atoms with Crippen molar-refractivity contribution in [3.63, 3.8) is 0 Å². The van der Waals surface area contributed by atoms with Gasteiger partial charge in [-0.2, -0.15) is 5.26 Å². The van der Waals surface area contributed by atoms with Crippen molar-refractivity contribution in [2.45, 2.75) is 6.92 Å². The van der Waals surface area contributed by atoms with Crippen LogP contribution in [-0.4, -0.2) is 14.8 Å². The first-order valence-electron chi connectivity index (χ1n) is 4.97. The van der Waals surface area contributed by atoms with Crippen LogP contribution in [0.4, 0.5) is 0 Å². The molecular formula is C12H9ClN4. The van der Waals surface area contributed by atoms with Crippen molar-refractivity contribution in [1.29, 1.82) is 5.26 Å². The van der Waals surface area contributed by atoms with E-state index in [0.29, 0.717) is 11.5 Å². The number of nitrogens with zero attached hydrogens (tertiary/aromatic N) is 4. The lowest BCUT2D eigenvalue weighted by Crippen LogP contribution is -2.03. The maximum absolute atomic E-state index is 8.84. The molecule has 1 aromatic carbocycles. The summed E-state index contributed by atoms with van der Waals surface area (Å²) in [5.74, 6) is 0.639. The van der Waals surface area contributed by atoms with Crippen LogP contribution in [0.15, 0.2) is 36.4 Å². The molecule has 0 aliphatic carbocycles. The molecule has 0 aliphatic rings. The Bertz CT molecular complexity index is 593. The number of allylic oxidation sites excluding steroid dienone is 1. The van der Waals surface area contributed by atoms with Crippen LogP contribution < -0.4 is 0 Å². The summed E-state index contributed by atoms with van der Waals surface area (Å²) >= 11 is 5.74. The molecule has 0 saturated heterocycles. The number of hydrogen-bond donors (Lipinski definition) is 0. The van der Waals surface area contributed by atoms with E-state index < -0.39 is 0 Å². The number of benzene rings is 1. The van der Waals surface area contributed by atoms with E-state index in [4.69, 9.17) is 16.9 Å². The molecule has 17 heavy (non-hydrogen) atoms. The Morgan fingerprint density at radius 3 is 2.65 bits per heavy atom. The minimum atomic E-state index is 0.169. The highest BCUT2D eigenvalue weighted by Crippen LogP contribution is 2.18. The van der Waals surface area contributed by atoms with E-state index in [0.717, 1.165) is 5.56 Å². The fraction of sp³-hybridized carbons (Fsp3) is 0.0833. The molecule has 84 valence electrons. The number of halogens is 1. The molecule has 0 fully saturated rings. The Labute approximate surface area is 104 Å². The van der Waals surface area contributed by atoms with Gasteiger partial charge in [0, 0.05) is 11.6 Å². The summed E-state index contributed by atoms with van der Waals surface area (Å²) in [5, 5.41) is 13.1. The molecule has 0 spiro atoms. The predicted molar refractivity (Wildman–Crippen MR) is 65.2 cm³/mol. The third kappa shape index (κ3) is 2.35. The van der Waals surface area contributed by atoms with Gasteiger partial charge in [-0.1, -0.05) is 30.3 Å². The van der Waals surface area contributed by atoms with Crippen molar-refractivity contribution < 1.29 is 0 Å². The number of rotatable bonds is 2. The summed E-state index contributed by atoms with van der Waals surface area (Å²) in [7, 11) is 0. The molecule has 2 rings (SSSR count). The Hall–Kier alpha value is -2.12. The molecule has 0 atom stereocenters. The van der Waals surface area contributed by atoms with Gasteiger partial charge in [-0.15, -0.1) is 5.10 Å². The summed E-state index contributed by atoms with van der Waals surface area (Å²) in [6.07, 6.45) is 1.42. The van der Waals surface area contributed by atoms with Gasteiger partial charge < -0.3 is 0 Å². The standard InChI is InChI=1S/C12H9ClN4/c1-9-15-12(13)16-17(9)11(7-8-14)10-5-3-2-4-6-10/h2-7H,1H3/b11-7-. The quantitative estimate of drug-likeness (QED) is 0.763. The van der Waals surface area contributed by atoms with Gasteiger partial charge in [0.05, 0.1) is 11.8 Å².